The standard InChI is InChI=1S/C12H19F3O4/c1-4-19-10(18)11(8(2)3,9(16)17)6-5-7-12(13,14)15/h8H,4-7H2,1-3H3,(H,16,17). The zero-order valence-electron chi connectivity index (χ0n) is 11.2. The fraction of sp³-hybridized carbons (Fsp3) is 0.833. The molecule has 0 rings (SSSR count). The Hall–Kier alpha value is -1.27. The highest BCUT2D eigenvalue weighted by atomic mass is 19.4. The number of aliphatic carboxylic acids is 1. The van der Waals surface area contributed by atoms with E-state index in [1.54, 1.807) is 0 Å². The highest BCUT2D eigenvalue weighted by Crippen LogP contribution is 2.37. The van der Waals surface area contributed by atoms with Gasteiger partial charge in [0, 0.05) is 6.42 Å². The predicted octanol–water partition coefficient (Wildman–Crippen LogP) is 3.01. The van der Waals surface area contributed by atoms with Gasteiger partial charge in [0.1, 0.15) is 0 Å². The van der Waals surface area contributed by atoms with Crippen LogP contribution in [0.3, 0.4) is 0 Å². The van der Waals surface area contributed by atoms with Gasteiger partial charge in [-0.25, -0.2) is 0 Å². The molecule has 0 bridgehead atoms. The van der Waals surface area contributed by atoms with Gasteiger partial charge in [0.05, 0.1) is 6.61 Å². The van der Waals surface area contributed by atoms with Gasteiger partial charge in [0.15, 0.2) is 5.41 Å². The van der Waals surface area contributed by atoms with Crippen LogP contribution < -0.4 is 0 Å². The van der Waals surface area contributed by atoms with Crippen LogP contribution in [-0.4, -0.2) is 29.8 Å². The maximum Gasteiger partial charge on any atom is 0.389 e. The lowest BCUT2D eigenvalue weighted by Crippen LogP contribution is -2.45. The zero-order valence-corrected chi connectivity index (χ0v) is 11.2. The summed E-state index contributed by atoms with van der Waals surface area (Å²) in [6, 6.07) is 0. The SMILES string of the molecule is CCOC(=O)C(CCCC(F)(F)F)(C(=O)O)C(C)C. The van der Waals surface area contributed by atoms with Crippen molar-refractivity contribution in [2.24, 2.45) is 11.3 Å². The third-order valence-electron chi connectivity index (χ3n) is 3.04. The first kappa shape index (κ1) is 17.7. The van der Waals surface area contributed by atoms with Crippen molar-refractivity contribution >= 4 is 11.9 Å². The molecule has 1 N–H and O–H groups in total. The van der Waals surface area contributed by atoms with E-state index in [1.165, 1.54) is 20.8 Å². The smallest absolute Gasteiger partial charge is 0.389 e. The van der Waals surface area contributed by atoms with Crippen LogP contribution in [0.4, 0.5) is 13.2 Å². The van der Waals surface area contributed by atoms with Crippen LogP contribution >= 0.6 is 0 Å². The van der Waals surface area contributed by atoms with Gasteiger partial charge in [-0.2, -0.15) is 13.2 Å². The summed E-state index contributed by atoms with van der Waals surface area (Å²) in [5.74, 6) is -3.07. The Balaban J connectivity index is 5.04. The van der Waals surface area contributed by atoms with Crippen molar-refractivity contribution < 1.29 is 32.6 Å². The molecular formula is C12H19F3O4. The molecule has 7 heteroatoms. The lowest BCUT2D eigenvalue weighted by molar-refractivity contribution is -0.175. The number of carbonyl (C=O) groups excluding carboxylic acids is 1. The van der Waals surface area contributed by atoms with Gasteiger partial charge in [0.25, 0.3) is 0 Å². The Morgan fingerprint density at radius 3 is 2.05 bits per heavy atom. The molecule has 0 radical (unpaired) electrons. The van der Waals surface area contributed by atoms with Gasteiger partial charge in [-0.05, 0) is 25.7 Å². The fourth-order valence-corrected chi connectivity index (χ4v) is 1.90. The van der Waals surface area contributed by atoms with Crippen molar-refractivity contribution in [3.8, 4) is 0 Å². The summed E-state index contributed by atoms with van der Waals surface area (Å²) in [6.07, 6.45) is -6.30. The molecule has 1 atom stereocenters. The van der Waals surface area contributed by atoms with E-state index >= 15 is 0 Å². The van der Waals surface area contributed by atoms with E-state index in [4.69, 9.17) is 4.74 Å². The molecule has 0 aromatic heterocycles. The van der Waals surface area contributed by atoms with Gasteiger partial charge >= 0.3 is 18.1 Å². The van der Waals surface area contributed by atoms with Crippen LogP contribution in [0.25, 0.3) is 0 Å². The molecule has 0 amide bonds. The predicted molar refractivity (Wildman–Crippen MR) is 61.4 cm³/mol. The number of carbonyl (C=O) groups is 2. The summed E-state index contributed by atoms with van der Waals surface area (Å²) >= 11 is 0. The molecule has 4 nitrogen and oxygen atoms in total. The van der Waals surface area contributed by atoms with Crippen LogP contribution in [0.1, 0.15) is 40.0 Å². The molecule has 1 unspecified atom stereocenters. The Labute approximate surface area is 109 Å². The van der Waals surface area contributed by atoms with Crippen LogP contribution in [0.2, 0.25) is 0 Å². The minimum atomic E-state index is -4.37. The molecule has 0 aliphatic carbocycles. The molecular weight excluding hydrogens is 265 g/mol. The molecule has 0 heterocycles. The third-order valence-corrected chi connectivity index (χ3v) is 3.04. The minimum absolute atomic E-state index is 0.0140. The molecule has 112 valence electrons. The number of carboxylic acids is 1. The Morgan fingerprint density at radius 2 is 1.74 bits per heavy atom. The van der Waals surface area contributed by atoms with Crippen molar-refractivity contribution in [1.82, 2.24) is 0 Å². The van der Waals surface area contributed by atoms with Gasteiger partial charge < -0.3 is 9.84 Å². The fourth-order valence-electron chi connectivity index (χ4n) is 1.90. The van der Waals surface area contributed by atoms with Gasteiger partial charge in [0.2, 0.25) is 0 Å². The first-order valence-electron chi connectivity index (χ1n) is 6.05. The van der Waals surface area contributed by atoms with E-state index in [0.29, 0.717) is 0 Å². The molecule has 0 aromatic carbocycles. The first-order chi connectivity index (χ1) is 8.58. The monoisotopic (exact) mass is 284 g/mol. The average Bonchev–Trinajstić information content (AvgIpc) is 2.21. The van der Waals surface area contributed by atoms with E-state index in [0.717, 1.165) is 0 Å². The lowest BCUT2D eigenvalue weighted by Gasteiger charge is -2.30. The van der Waals surface area contributed by atoms with E-state index in [2.05, 4.69) is 0 Å². The molecule has 0 spiro atoms. The Kier molecular flexibility index (Phi) is 6.32. The molecule has 0 aliphatic rings. The molecule has 0 aliphatic heterocycles. The largest absolute Gasteiger partial charge is 0.480 e. The highest BCUT2D eigenvalue weighted by molar-refractivity contribution is 5.99. The summed E-state index contributed by atoms with van der Waals surface area (Å²) in [4.78, 5) is 23.2. The van der Waals surface area contributed by atoms with Crippen molar-refractivity contribution in [3.05, 3.63) is 0 Å². The summed E-state index contributed by atoms with van der Waals surface area (Å²) in [7, 11) is 0. The maximum absolute atomic E-state index is 12.1. The topological polar surface area (TPSA) is 63.6 Å². The molecule has 0 fully saturated rings. The normalized spacial score (nSPS) is 15.1. The van der Waals surface area contributed by atoms with Gasteiger partial charge in [-0.3, -0.25) is 9.59 Å². The summed E-state index contributed by atoms with van der Waals surface area (Å²) in [6.45, 7) is 4.47. The van der Waals surface area contributed by atoms with Crippen molar-refractivity contribution in [3.63, 3.8) is 0 Å². The van der Waals surface area contributed by atoms with Crippen molar-refractivity contribution in [1.29, 1.82) is 0 Å². The number of hydrogen-bond donors (Lipinski definition) is 1. The number of rotatable bonds is 7. The van der Waals surface area contributed by atoms with E-state index in [-0.39, 0.29) is 6.61 Å². The average molecular weight is 284 g/mol. The second-order valence-corrected chi connectivity index (χ2v) is 4.62. The van der Waals surface area contributed by atoms with E-state index < -0.39 is 48.7 Å². The zero-order chi connectivity index (χ0) is 15.3. The number of carboxylic acid groups (broad SMARTS) is 1. The molecule has 19 heavy (non-hydrogen) atoms. The molecule has 0 saturated carbocycles. The lowest BCUT2D eigenvalue weighted by atomic mass is 9.73. The third kappa shape index (κ3) is 4.72. The van der Waals surface area contributed by atoms with Gasteiger partial charge in [-0.15, -0.1) is 0 Å². The number of ether oxygens (including phenoxy) is 1. The molecule has 0 saturated heterocycles. The summed E-state index contributed by atoms with van der Waals surface area (Å²) in [5.41, 5.74) is -1.92. The van der Waals surface area contributed by atoms with E-state index in [1.807, 2.05) is 0 Å². The van der Waals surface area contributed by atoms with Crippen LogP contribution in [0, 0.1) is 11.3 Å². The Morgan fingerprint density at radius 1 is 1.21 bits per heavy atom. The highest BCUT2D eigenvalue weighted by Gasteiger charge is 2.50. The summed E-state index contributed by atoms with van der Waals surface area (Å²) < 4.78 is 41.1. The second kappa shape index (κ2) is 6.77. The number of halogens is 3. The van der Waals surface area contributed by atoms with Gasteiger partial charge in [-0.1, -0.05) is 13.8 Å². The summed E-state index contributed by atoms with van der Waals surface area (Å²) in [5, 5.41) is 9.24. The Bertz CT molecular complexity index is 325. The van der Waals surface area contributed by atoms with Crippen molar-refractivity contribution in [2.45, 2.75) is 46.2 Å². The second-order valence-electron chi connectivity index (χ2n) is 4.62. The van der Waals surface area contributed by atoms with Crippen LogP contribution in [0.15, 0.2) is 0 Å². The van der Waals surface area contributed by atoms with E-state index in [9.17, 15) is 27.9 Å². The number of esters is 1. The maximum atomic E-state index is 12.1. The van der Waals surface area contributed by atoms with Crippen molar-refractivity contribution in [2.75, 3.05) is 6.61 Å². The minimum Gasteiger partial charge on any atom is -0.480 e. The van der Waals surface area contributed by atoms with Crippen LogP contribution in [-0.2, 0) is 14.3 Å². The van der Waals surface area contributed by atoms with Crippen LogP contribution in [0.5, 0.6) is 0 Å². The quantitative estimate of drug-likeness (QED) is 0.576. The molecule has 0 aromatic rings. The number of alkyl halides is 3. The number of hydrogen-bond acceptors (Lipinski definition) is 3. The first-order valence-corrected chi connectivity index (χ1v) is 6.05.